The highest BCUT2D eigenvalue weighted by Gasteiger charge is 2.34. The molecule has 39 heavy (non-hydrogen) atoms. The summed E-state index contributed by atoms with van der Waals surface area (Å²) in [5.41, 5.74) is 3.73. The second kappa shape index (κ2) is 10.3. The average molecular weight is 535 g/mol. The summed E-state index contributed by atoms with van der Waals surface area (Å²) < 4.78 is 26.6. The highest BCUT2D eigenvalue weighted by Crippen LogP contribution is 2.38. The van der Waals surface area contributed by atoms with E-state index in [1.807, 2.05) is 31.0 Å². The molecule has 2 aromatic heterocycles. The fourth-order valence-corrected chi connectivity index (χ4v) is 5.76. The van der Waals surface area contributed by atoms with E-state index in [0.29, 0.717) is 62.5 Å². The van der Waals surface area contributed by atoms with Crippen molar-refractivity contribution in [3.8, 4) is 5.75 Å². The van der Waals surface area contributed by atoms with E-state index in [1.54, 1.807) is 16.7 Å². The van der Waals surface area contributed by atoms with Crippen molar-refractivity contribution >= 4 is 29.0 Å². The zero-order chi connectivity index (χ0) is 27.1. The first-order valence-corrected chi connectivity index (χ1v) is 13.2. The van der Waals surface area contributed by atoms with E-state index < -0.39 is 17.5 Å². The van der Waals surface area contributed by atoms with Gasteiger partial charge in [0.25, 0.3) is 11.7 Å². The van der Waals surface area contributed by atoms with Crippen LogP contribution >= 0.6 is 0 Å². The van der Waals surface area contributed by atoms with Crippen molar-refractivity contribution in [2.24, 2.45) is 7.05 Å². The monoisotopic (exact) mass is 534 g/mol. The van der Waals surface area contributed by atoms with E-state index in [2.05, 4.69) is 20.2 Å². The molecule has 0 unspecified atom stereocenters. The minimum atomic E-state index is -0.675. The largest absolute Gasteiger partial charge is 0.489 e. The van der Waals surface area contributed by atoms with Crippen molar-refractivity contribution in [1.82, 2.24) is 14.5 Å². The maximum Gasteiger partial charge on any atom is 0.298 e. The minimum Gasteiger partial charge on any atom is -0.489 e. The van der Waals surface area contributed by atoms with Crippen LogP contribution in [0.15, 0.2) is 36.7 Å². The zero-order valence-corrected chi connectivity index (χ0v) is 22.0. The predicted molar refractivity (Wildman–Crippen MR) is 143 cm³/mol. The molecule has 0 radical (unpaired) electrons. The number of ether oxygens (including phenoxy) is 2. The van der Waals surface area contributed by atoms with Gasteiger partial charge in [-0.3, -0.25) is 9.59 Å². The van der Waals surface area contributed by atoms with E-state index in [0.717, 1.165) is 29.8 Å². The van der Waals surface area contributed by atoms with Crippen LogP contribution in [0.4, 0.5) is 21.7 Å². The Morgan fingerprint density at radius 1 is 1.10 bits per heavy atom. The van der Waals surface area contributed by atoms with Gasteiger partial charge in [-0.25, -0.2) is 14.4 Å². The number of hydrogen-bond donors (Lipinski definition) is 1. The van der Waals surface area contributed by atoms with Crippen molar-refractivity contribution in [3.63, 3.8) is 0 Å². The van der Waals surface area contributed by atoms with E-state index in [1.165, 1.54) is 12.4 Å². The van der Waals surface area contributed by atoms with Crippen LogP contribution in [-0.2, 0) is 16.6 Å². The number of Topliss-reactive ketones (excluding diaryl/α,β-unsaturated/α-hetero) is 1. The smallest absolute Gasteiger partial charge is 0.298 e. The number of nitrogens with zero attached hydrogens (tertiary/aromatic N) is 5. The standard InChI is InChI=1S/C28H31FN6O4/c1-17-11-22(18-5-9-38-10-6-18)25(33(17)2)26(36)27(37)32-20-3-4-23-24(12-20)39-16-21-15-34(7-8-35(21)23)28-30-13-19(29)14-31-28/h3-4,11-14,18,21H,5-10,15-16H2,1-2H3,(H,32,37)/t21-/m1/s1. The molecule has 1 atom stereocenters. The Morgan fingerprint density at radius 2 is 1.87 bits per heavy atom. The van der Waals surface area contributed by atoms with Crippen LogP contribution in [0.3, 0.4) is 0 Å². The quantitative estimate of drug-likeness (QED) is 0.394. The molecule has 0 aliphatic carbocycles. The Balaban J connectivity index is 1.15. The van der Waals surface area contributed by atoms with Crippen LogP contribution in [0.2, 0.25) is 0 Å². The molecule has 6 rings (SSSR count). The lowest BCUT2D eigenvalue weighted by Crippen LogP contribution is -2.57. The Labute approximate surface area is 225 Å². The van der Waals surface area contributed by atoms with Crippen molar-refractivity contribution in [3.05, 3.63) is 59.4 Å². The number of nitrogens with one attached hydrogen (secondary N) is 1. The summed E-state index contributed by atoms with van der Waals surface area (Å²) in [6, 6.07) is 7.56. The lowest BCUT2D eigenvalue weighted by Gasteiger charge is -2.45. The number of rotatable bonds is 5. The van der Waals surface area contributed by atoms with Crippen LogP contribution in [0.25, 0.3) is 0 Å². The highest BCUT2D eigenvalue weighted by molar-refractivity contribution is 6.46. The van der Waals surface area contributed by atoms with E-state index >= 15 is 0 Å². The number of fused-ring (bicyclic) bond motifs is 3. The summed E-state index contributed by atoms with van der Waals surface area (Å²) in [7, 11) is 1.82. The van der Waals surface area contributed by atoms with Gasteiger partial charge in [0.1, 0.15) is 12.4 Å². The van der Waals surface area contributed by atoms with Crippen molar-refractivity contribution < 1.29 is 23.5 Å². The van der Waals surface area contributed by atoms with Crippen LogP contribution in [0.1, 0.15) is 40.5 Å². The molecule has 11 heteroatoms. The molecule has 3 aromatic rings. The first-order chi connectivity index (χ1) is 18.9. The van der Waals surface area contributed by atoms with E-state index in [-0.39, 0.29) is 12.0 Å². The molecule has 1 amide bonds. The summed E-state index contributed by atoms with van der Waals surface area (Å²) in [5.74, 6) is -0.337. The molecule has 10 nitrogen and oxygen atoms in total. The number of aryl methyl sites for hydroxylation is 1. The molecular formula is C28H31FN6O4. The molecule has 0 bridgehead atoms. The normalized spacial score (nSPS) is 19.2. The summed E-state index contributed by atoms with van der Waals surface area (Å²) in [6.07, 6.45) is 4.01. The Hall–Kier alpha value is -3.99. The zero-order valence-electron chi connectivity index (χ0n) is 22.0. The van der Waals surface area contributed by atoms with Gasteiger partial charge in [-0.05, 0) is 49.4 Å². The first kappa shape index (κ1) is 25.3. The van der Waals surface area contributed by atoms with Gasteiger partial charge in [-0.2, -0.15) is 0 Å². The molecule has 204 valence electrons. The maximum absolute atomic E-state index is 13.4. The number of piperazine rings is 1. The van der Waals surface area contributed by atoms with Crippen LogP contribution in [-0.4, -0.2) is 71.7 Å². The van der Waals surface area contributed by atoms with Gasteiger partial charge in [0.05, 0.1) is 29.8 Å². The fraction of sp³-hybridized carbons (Fsp3) is 0.429. The number of ketones is 1. The molecule has 5 heterocycles. The van der Waals surface area contributed by atoms with Crippen LogP contribution in [0.5, 0.6) is 5.75 Å². The predicted octanol–water partition coefficient (Wildman–Crippen LogP) is 3.07. The third-order valence-corrected chi connectivity index (χ3v) is 7.92. The number of halogens is 1. The van der Waals surface area contributed by atoms with Gasteiger partial charge in [-0.1, -0.05) is 0 Å². The Bertz CT molecular complexity index is 1400. The molecule has 2 fully saturated rings. The molecule has 1 aromatic carbocycles. The van der Waals surface area contributed by atoms with Crippen LogP contribution in [0, 0.1) is 12.7 Å². The molecule has 0 spiro atoms. The number of hydrogen-bond acceptors (Lipinski definition) is 8. The molecule has 3 aliphatic heterocycles. The molecular weight excluding hydrogens is 503 g/mol. The number of anilines is 3. The summed E-state index contributed by atoms with van der Waals surface area (Å²) in [6.45, 7) is 5.74. The van der Waals surface area contributed by atoms with Gasteiger partial charge in [0.15, 0.2) is 5.82 Å². The molecule has 1 N–H and O–H groups in total. The van der Waals surface area contributed by atoms with Gasteiger partial charge >= 0.3 is 0 Å². The summed E-state index contributed by atoms with van der Waals surface area (Å²) >= 11 is 0. The highest BCUT2D eigenvalue weighted by atomic mass is 19.1. The summed E-state index contributed by atoms with van der Waals surface area (Å²) in [4.78, 5) is 39.0. The Morgan fingerprint density at radius 3 is 2.64 bits per heavy atom. The second-order valence-electron chi connectivity index (χ2n) is 10.3. The van der Waals surface area contributed by atoms with Crippen LogP contribution < -0.4 is 19.9 Å². The SMILES string of the molecule is Cc1cc(C2CCOCC2)c(C(=O)C(=O)Nc2ccc3c(c2)OC[C@H]2CN(c4ncc(F)cn4)CCN32)n1C. The fourth-order valence-electron chi connectivity index (χ4n) is 5.76. The minimum absolute atomic E-state index is 0.0751. The van der Waals surface area contributed by atoms with E-state index in [9.17, 15) is 14.0 Å². The molecule has 3 aliphatic rings. The third-order valence-electron chi connectivity index (χ3n) is 7.92. The van der Waals surface area contributed by atoms with Gasteiger partial charge < -0.3 is 29.2 Å². The topological polar surface area (TPSA) is 102 Å². The molecule has 2 saturated heterocycles. The maximum atomic E-state index is 13.4. The lowest BCUT2D eigenvalue weighted by molar-refractivity contribution is -0.112. The third kappa shape index (κ3) is 4.82. The second-order valence-corrected chi connectivity index (χ2v) is 10.3. The van der Waals surface area contributed by atoms with E-state index in [4.69, 9.17) is 9.47 Å². The number of aromatic nitrogens is 3. The molecule has 0 saturated carbocycles. The van der Waals surface area contributed by atoms with Crippen molar-refractivity contribution in [2.75, 3.05) is 54.6 Å². The number of carbonyl (C=O) groups is 2. The summed E-state index contributed by atoms with van der Waals surface area (Å²) in [5, 5.41) is 2.78. The lowest BCUT2D eigenvalue weighted by atomic mass is 9.90. The first-order valence-electron chi connectivity index (χ1n) is 13.2. The van der Waals surface area contributed by atoms with Gasteiger partial charge in [0, 0.05) is 57.3 Å². The van der Waals surface area contributed by atoms with Gasteiger partial charge in [-0.15, -0.1) is 0 Å². The average Bonchev–Trinajstić information content (AvgIpc) is 3.26. The van der Waals surface area contributed by atoms with Crippen molar-refractivity contribution in [1.29, 1.82) is 0 Å². The number of benzene rings is 1. The van der Waals surface area contributed by atoms with Gasteiger partial charge in [0.2, 0.25) is 5.95 Å². The Kier molecular flexibility index (Phi) is 6.68. The van der Waals surface area contributed by atoms with Crippen molar-refractivity contribution in [2.45, 2.75) is 31.7 Å². The number of carbonyl (C=O) groups excluding carboxylic acids is 2. The number of amides is 1.